The predicted octanol–water partition coefficient (Wildman–Crippen LogP) is 2.24. The van der Waals surface area contributed by atoms with Crippen molar-refractivity contribution in [1.82, 2.24) is 15.6 Å². The molecule has 1 fully saturated rings. The van der Waals surface area contributed by atoms with Crippen LogP contribution >= 0.6 is 0 Å². The van der Waals surface area contributed by atoms with Gasteiger partial charge in [0.1, 0.15) is 29.6 Å². The number of aromatic amines is 1. The van der Waals surface area contributed by atoms with Crippen LogP contribution in [0.25, 0.3) is 28.2 Å². The summed E-state index contributed by atoms with van der Waals surface area (Å²) in [5.41, 5.74) is 1.19. The van der Waals surface area contributed by atoms with Crippen LogP contribution in [0.15, 0.2) is 42.5 Å². The number of carbonyl (C=O) groups is 2. The van der Waals surface area contributed by atoms with Crippen LogP contribution in [0, 0.1) is 17.5 Å². The molecule has 4 rings (SSSR count). The average Bonchev–Trinajstić information content (AvgIpc) is 3.22. The molecule has 2 amide bonds. The Morgan fingerprint density at radius 3 is 2.53 bits per heavy atom. The van der Waals surface area contributed by atoms with E-state index in [9.17, 15) is 27.9 Å². The fraction of sp³-hybridized carbons (Fsp3) is 0.143. The predicted molar refractivity (Wildman–Crippen MR) is 104 cm³/mol. The summed E-state index contributed by atoms with van der Waals surface area (Å²) in [6, 6.07) is 6.13. The van der Waals surface area contributed by atoms with Crippen molar-refractivity contribution >= 4 is 28.8 Å². The molecule has 0 bridgehead atoms. The van der Waals surface area contributed by atoms with Crippen molar-refractivity contribution in [3.63, 3.8) is 0 Å². The number of carbonyl (C=O) groups excluding carboxylic acids is 2. The fourth-order valence-electron chi connectivity index (χ4n) is 3.39. The molecular formula is C21H16F3N3O3. The molecule has 3 aromatic rings. The van der Waals surface area contributed by atoms with Crippen molar-refractivity contribution in [3.8, 4) is 11.3 Å². The molecule has 2 aromatic carbocycles. The van der Waals surface area contributed by atoms with Gasteiger partial charge in [-0.15, -0.1) is 0 Å². The van der Waals surface area contributed by atoms with E-state index in [1.54, 1.807) is 0 Å². The minimum Gasteiger partial charge on any atom is -0.389 e. The summed E-state index contributed by atoms with van der Waals surface area (Å²) < 4.78 is 41.4. The SMILES string of the molecule is O=C(/C=C/c1c(-c2ccc(F)cc2)[nH]c2c(F)cc(F)cc12)N[C@@H]1C(=O)NC[C@H]1O. The second kappa shape index (κ2) is 7.68. The number of aliphatic hydroxyl groups excluding tert-OH is 1. The van der Waals surface area contributed by atoms with Crippen LogP contribution in [0.1, 0.15) is 5.56 Å². The molecular weight excluding hydrogens is 399 g/mol. The van der Waals surface area contributed by atoms with Crippen molar-refractivity contribution in [2.75, 3.05) is 6.54 Å². The molecule has 0 spiro atoms. The van der Waals surface area contributed by atoms with Crippen LogP contribution in [0.5, 0.6) is 0 Å². The summed E-state index contributed by atoms with van der Waals surface area (Å²) in [5.74, 6) is -3.26. The van der Waals surface area contributed by atoms with Gasteiger partial charge in [0.25, 0.3) is 0 Å². The van der Waals surface area contributed by atoms with Gasteiger partial charge in [-0.3, -0.25) is 9.59 Å². The van der Waals surface area contributed by atoms with Crippen molar-refractivity contribution in [2.45, 2.75) is 12.1 Å². The average molecular weight is 415 g/mol. The highest BCUT2D eigenvalue weighted by Crippen LogP contribution is 2.33. The lowest BCUT2D eigenvalue weighted by atomic mass is 10.0. The van der Waals surface area contributed by atoms with Crippen LogP contribution in [0.4, 0.5) is 13.2 Å². The Labute approximate surface area is 168 Å². The Morgan fingerprint density at radius 2 is 1.87 bits per heavy atom. The molecule has 4 N–H and O–H groups in total. The number of H-pyrrole nitrogens is 1. The number of amides is 2. The summed E-state index contributed by atoms with van der Waals surface area (Å²) in [5, 5.41) is 14.7. The van der Waals surface area contributed by atoms with Gasteiger partial charge in [0, 0.05) is 29.6 Å². The van der Waals surface area contributed by atoms with E-state index in [1.165, 1.54) is 30.3 Å². The summed E-state index contributed by atoms with van der Waals surface area (Å²) in [6.07, 6.45) is 1.38. The molecule has 0 radical (unpaired) electrons. The van der Waals surface area contributed by atoms with Gasteiger partial charge in [0.2, 0.25) is 11.8 Å². The van der Waals surface area contributed by atoms with Gasteiger partial charge in [-0.1, -0.05) is 0 Å². The Balaban J connectivity index is 1.73. The maximum atomic E-state index is 14.3. The third kappa shape index (κ3) is 3.67. The first kappa shape index (κ1) is 19.7. The second-order valence-electron chi connectivity index (χ2n) is 6.86. The zero-order valence-corrected chi connectivity index (χ0v) is 15.4. The molecule has 0 unspecified atom stereocenters. The molecule has 0 aliphatic carbocycles. The largest absolute Gasteiger partial charge is 0.389 e. The molecule has 2 atom stereocenters. The lowest BCUT2D eigenvalue weighted by Crippen LogP contribution is -2.44. The van der Waals surface area contributed by atoms with Crippen molar-refractivity contribution < 1.29 is 27.9 Å². The quantitative estimate of drug-likeness (QED) is 0.493. The zero-order valence-electron chi connectivity index (χ0n) is 15.4. The molecule has 1 saturated heterocycles. The number of halogens is 3. The maximum absolute atomic E-state index is 14.3. The molecule has 30 heavy (non-hydrogen) atoms. The van der Waals surface area contributed by atoms with Gasteiger partial charge in [0.05, 0.1) is 11.2 Å². The molecule has 0 saturated carbocycles. The molecule has 154 valence electrons. The summed E-state index contributed by atoms with van der Waals surface area (Å²) >= 11 is 0. The highest BCUT2D eigenvalue weighted by molar-refractivity contribution is 6.02. The summed E-state index contributed by atoms with van der Waals surface area (Å²) in [7, 11) is 0. The number of hydrogen-bond acceptors (Lipinski definition) is 3. The normalized spacial score (nSPS) is 18.9. The Kier molecular flexibility index (Phi) is 5.04. The van der Waals surface area contributed by atoms with Crippen molar-refractivity contribution in [3.05, 3.63) is 65.5 Å². The Hall–Kier alpha value is -3.59. The van der Waals surface area contributed by atoms with Crippen LogP contribution in [-0.2, 0) is 9.59 Å². The summed E-state index contributed by atoms with van der Waals surface area (Å²) in [4.78, 5) is 26.7. The number of aromatic nitrogens is 1. The third-order valence-electron chi connectivity index (χ3n) is 4.85. The highest BCUT2D eigenvalue weighted by atomic mass is 19.1. The minimum absolute atomic E-state index is 0.0291. The molecule has 9 heteroatoms. The van der Waals surface area contributed by atoms with E-state index in [2.05, 4.69) is 15.6 Å². The lowest BCUT2D eigenvalue weighted by Gasteiger charge is -2.11. The Morgan fingerprint density at radius 1 is 1.13 bits per heavy atom. The number of benzene rings is 2. The van der Waals surface area contributed by atoms with E-state index in [0.717, 1.165) is 18.2 Å². The van der Waals surface area contributed by atoms with Gasteiger partial charge in [-0.25, -0.2) is 13.2 Å². The van der Waals surface area contributed by atoms with Gasteiger partial charge in [-0.05, 0) is 42.0 Å². The first-order valence-corrected chi connectivity index (χ1v) is 9.04. The van der Waals surface area contributed by atoms with Gasteiger partial charge in [-0.2, -0.15) is 0 Å². The molecule has 1 aliphatic rings. The number of nitrogens with one attached hydrogen (secondary N) is 3. The molecule has 1 aliphatic heterocycles. The van der Waals surface area contributed by atoms with E-state index in [-0.39, 0.29) is 17.4 Å². The number of rotatable bonds is 4. The smallest absolute Gasteiger partial charge is 0.245 e. The van der Waals surface area contributed by atoms with Gasteiger partial charge in [0.15, 0.2) is 0 Å². The van der Waals surface area contributed by atoms with E-state index in [0.29, 0.717) is 16.8 Å². The summed E-state index contributed by atoms with van der Waals surface area (Å²) in [6.45, 7) is 0.0310. The lowest BCUT2D eigenvalue weighted by molar-refractivity contribution is -0.126. The number of fused-ring (bicyclic) bond motifs is 1. The standard InChI is InChI=1S/C21H16F3N3O3/c22-11-3-1-10(2-4-11)18-13(14-7-12(23)8-15(24)19(14)27-18)5-6-17(29)26-20-16(28)9-25-21(20)30/h1-8,16,20,27-28H,9H2,(H,25,30)(H,26,29)/b6-5+/t16-,20+/m1/s1. The van der Waals surface area contributed by atoms with Crippen molar-refractivity contribution in [2.24, 2.45) is 0 Å². The number of β-amino-alcohol motifs (C(OH)–C–C–N with tert-alkyl or cyclic N) is 1. The zero-order chi connectivity index (χ0) is 21.4. The molecule has 1 aromatic heterocycles. The number of aliphatic hydroxyl groups is 1. The van der Waals surface area contributed by atoms with Crippen LogP contribution in [0.3, 0.4) is 0 Å². The molecule has 2 heterocycles. The highest BCUT2D eigenvalue weighted by Gasteiger charge is 2.33. The topological polar surface area (TPSA) is 94.2 Å². The Bertz CT molecular complexity index is 1170. The monoisotopic (exact) mass is 415 g/mol. The second-order valence-corrected chi connectivity index (χ2v) is 6.86. The van der Waals surface area contributed by atoms with Crippen LogP contribution < -0.4 is 10.6 Å². The van der Waals surface area contributed by atoms with Gasteiger partial charge < -0.3 is 20.7 Å². The van der Waals surface area contributed by atoms with Crippen LogP contribution in [-0.4, -0.2) is 40.6 Å². The minimum atomic E-state index is -1.09. The van der Waals surface area contributed by atoms with E-state index in [4.69, 9.17) is 0 Å². The van der Waals surface area contributed by atoms with E-state index >= 15 is 0 Å². The fourth-order valence-corrected chi connectivity index (χ4v) is 3.39. The maximum Gasteiger partial charge on any atom is 0.245 e. The van der Waals surface area contributed by atoms with Gasteiger partial charge >= 0.3 is 0 Å². The van der Waals surface area contributed by atoms with Crippen molar-refractivity contribution in [1.29, 1.82) is 0 Å². The first-order valence-electron chi connectivity index (χ1n) is 9.04. The first-order chi connectivity index (χ1) is 14.3. The van der Waals surface area contributed by atoms with Crippen LogP contribution in [0.2, 0.25) is 0 Å². The number of hydrogen-bond donors (Lipinski definition) is 4. The third-order valence-corrected chi connectivity index (χ3v) is 4.85. The molecule has 6 nitrogen and oxygen atoms in total. The van der Waals surface area contributed by atoms with E-state index < -0.39 is 41.4 Å². The van der Waals surface area contributed by atoms with E-state index in [1.807, 2.05) is 0 Å².